The number of rotatable bonds is 4. The SMILES string of the molecule is O=C(C[n+]1ccccc1)N/N=C\c1cccc(Br)c1F.[Cl-]. The standard InChI is InChI=1S/C14H11BrFN3O.ClH/c15-12-6-4-5-11(14(12)16)9-17-18-13(20)10-19-7-2-1-3-8-19;/h1-9H,10H2;1H/b17-9-;. The van der Waals surface area contributed by atoms with Gasteiger partial charge in [-0.1, -0.05) is 18.2 Å². The normalized spacial score (nSPS) is 10.2. The van der Waals surface area contributed by atoms with Gasteiger partial charge in [-0.15, -0.1) is 0 Å². The summed E-state index contributed by atoms with van der Waals surface area (Å²) in [6, 6.07) is 10.4. The number of benzene rings is 1. The molecule has 0 aliphatic carbocycles. The Morgan fingerprint density at radius 1 is 1.29 bits per heavy atom. The molecule has 0 radical (unpaired) electrons. The van der Waals surface area contributed by atoms with Gasteiger partial charge in [-0.2, -0.15) is 9.67 Å². The predicted molar refractivity (Wildman–Crippen MR) is 76.5 cm³/mol. The Morgan fingerprint density at radius 2 is 2.00 bits per heavy atom. The number of carbonyl (C=O) groups is 1. The number of carbonyl (C=O) groups excluding carboxylic acids is 1. The maximum Gasteiger partial charge on any atom is 0.305 e. The molecule has 1 aromatic heterocycles. The number of nitrogens with one attached hydrogen (secondary N) is 1. The first-order valence-electron chi connectivity index (χ1n) is 5.87. The van der Waals surface area contributed by atoms with E-state index >= 15 is 0 Å². The molecule has 0 saturated heterocycles. The summed E-state index contributed by atoms with van der Waals surface area (Å²) in [6.45, 7) is 0.152. The van der Waals surface area contributed by atoms with Crippen molar-refractivity contribution in [2.45, 2.75) is 6.54 Å². The minimum absolute atomic E-state index is 0. The van der Waals surface area contributed by atoms with Gasteiger partial charge in [0.2, 0.25) is 6.54 Å². The fourth-order valence-corrected chi connectivity index (χ4v) is 1.92. The van der Waals surface area contributed by atoms with Crippen LogP contribution in [0, 0.1) is 5.82 Å². The van der Waals surface area contributed by atoms with Crippen molar-refractivity contribution < 1.29 is 26.2 Å². The molecule has 2 rings (SSSR count). The Hall–Kier alpha value is -1.79. The predicted octanol–water partition coefficient (Wildman–Crippen LogP) is -0.970. The first-order valence-corrected chi connectivity index (χ1v) is 6.66. The third-order valence-corrected chi connectivity index (χ3v) is 3.09. The first kappa shape index (κ1) is 17.3. The van der Waals surface area contributed by atoms with Gasteiger partial charge in [-0.05, 0) is 22.0 Å². The van der Waals surface area contributed by atoms with Crippen LogP contribution in [-0.4, -0.2) is 12.1 Å². The molecule has 1 N–H and O–H groups in total. The molecular weight excluding hydrogens is 361 g/mol. The zero-order chi connectivity index (χ0) is 14.4. The summed E-state index contributed by atoms with van der Waals surface area (Å²) in [6.07, 6.45) is 4.82. The van der Waals surface area contributed by atoms with E-state index in [1.54, 1.807) is 35.2 Å². The first-order chi connectivity index (χ1) is 9.66. The molecule has 1 heterocycles. The molecule has 21 heavy (non-hydrogen) atoms. The molecule has 0 bridgehead atoms. The fourth-order valence-electron chi connectivity index (χ4n) is 1.53. The number of halogens is 3. The highest BCUT2D eigenvalue weighted by atomic mass is 79.9. The molecule has 0 aliphatic rings. The fraction of sp³-hybridized carbons (Fsp3) is 0.0714. The van der Waals surface area contributed by atoms with Crippen molar-refractivity contribution >= 4 is 28.1 Å². The molecule has 110 valence electrons. The Bertz CT molecular complexity index is 637. The Kier molecular flexibility index (Phi) is 6.98. The van der Waals surface area contributed by atoms with Crippen LogP contribution in [0.1, 0.15) is 5.56 Å². The maximum absolute atomic E-state index is 13.6. The van der Waals surface area contributed by atoms with E-state index in [-0.39, 0.29) is 24.9 Å². The molecule has 0 unspecified atom stereocenters. The molecule has 0 atom stereocenters. The average Bonchev–Trinajstić information content (AvgIpc) is 2.44. The number of aromatic nitrogens is 1. The van der Waals surface area contributed by atoms with Crippen molar-refractivity contribution in [2.24, 2.45) is 5.10 Å². The van der Waals surface area contributed by atoms with E-state index in [0.29, 0.717) is 10.0 Å². The number of amides is 1. The molecule has 0 fully saturated rings. The lowest BCUT2D eigenvalue weighted by atomic mass is 10.2. The molecule has 7 heteroatoms. The monoisotopic (exact) mass is 371 g/mol. The number of hydrogen-bond donors (Lipinski definition) is 1. The van der Waals surface area contributed by atoms with E-state index in [4.69, 9.17) is 0 Å². The van der Waals surface area contributed by atoms with E-state index < -0.39 is 5.82 Å². The largest absolute Gasteiger partial charge is 1.00 e. The average molecular weight is 373 g/mol. The van der Waals surface area contributed by atoms with Crippen LogP contribution in [-0.2, 0) is 11.3 Å². The van der Waals surface area contributed by atoms with Crippen LogP contribution < -0.4 is 22.4 Å². The van der Waals surface area contributed by atoms with Gasteiger partial charge in [-0.25, -0.2) is 9.82 Å². The van der Waals surface area contributed by atoms with E-state index in [2.05, 4.69) is 26.5 Å². The lowest BCUT2D eigenvalue weighted by molar-refractivity contribution is -0.684. The second kappa shape index (κ2) is 8.49. The molecule has 1 amide bonds. The second-order valence-corrected chi connectivity index (χ2v) is 4.84. The van der Waals surface area contributed by atoms with Crippen LogP contribution in [0.3, 0.4) is 0 Å². The van der Waals surface area contributed by atoms with Gasteiger partial charge >= 0.3 is 5.91 Å². The van der Waals surface area contributed by atoms with E-state index in [1.165, 1.54) is 6.21 Å². The number of pyridine rings is 1. The van der Waals surface area contributed by atoms with Gasteiger partial charge in [0.15, 0.2) is 12.4 Å². The van der Waals surface area contributed by atoms with Crippen molar-refractivity contribution in [1.82, 2.24) is 5.43 Å². The van der Waals surface area contributed by atoms with Crippen LogP contribution in [0.15, 0.2) is 58.4 Å². The molecule has 2 aromatic rings. The van der Waals surface area contributed by atoms with Crippen molar-refractivity contribution in [1.29, 1.82) is 0 Å². The van der Waals surface area contributed by atoms with Gasteiger partial charge in [-0.3, -0.25) is 4.79 Å². The summed E-state index contributed by atoms with van der Waals surface area (Å²) in [7, 11) is 0. The maximum atomic E-state index is 13.6. The molecule has 0 aliphatic heterocycles. The zero-order valence-corrected chi connectivity index (χ0v) is 13.2. The van der Waals surface area contributed by atoms with Crippen molar-refractivity contribution in [3.8, 4) is 0 Å². The van der Waals surface area contributed by atoms with Crippen LogP contribution in [0.2, 0.25) is 0 Å². The van der Waals surface area contributed by atoms with Crippen molar-refractivity contribution in [2.75, 3.05) is 0 Å². The molecule has 0 saturated carbocycles. The Labute approximate surface area is 136 Å². The smallest absolute Gasteiger partial charge is 0.305 e. The highest BCUT2D eigenvalue weighted by Gasteiger charge is 2.07. The van der Waals surface area contributed by atoms with Crippen LogP contribution >= 0.6 is 15.9 Å². The minimum atomic E-state index is -0.414. The molecular formula is C14H12BrClFN3O. The van der Waals surface area contributed by atoms with E-state index in [1.807, 2.05) is 18.2 Å². The van der Waals surface area contributed by atoms with Crippen molar-refractivity contribution in [3.05, 3.63) is 64.6 Å². The van der Waals surface area contributed by atoms with Gasteiger partial charge in [0.05, 0.1) is 10.7 Å². The highest BCUT2D eigenvalue weighted by Crippen LogP contribution is 2.16. The summed E-state index contributed by atoms with van der Waals surface area (Å²) in [5, 5.41) is 3.74. The highest BCUT2D eigenvalue weighted by molar-refractivity contribution is 9.10. The molecule has 0 spiro atoms. The summed E-state index contributed by atoms with van der Waals surface area (Å²) in [5.74, 6) is -0.698. The van der Waals surface area contributed by atoms with Crippen LogP contribution in [0.5, 0.6) is 0 Å². The summed E-state index contributed by atoms with van der Waals surface area (Å²) in [5.41, 5.74) is 2.65. The topological polar surface area (TPSA) is 45.3 Å². The lowest BCUT2D eigenvalue weighted by Gasteiger charge is -1.99. The molecule has 4 nitrogen and oxygen atoms in total. The zero-order valence-electron chi connectivity index (χ0n) is 10.8. The number of hydrazone groups is 1. The summed E-state index contributed by atoms with van der Waals surface area (Å²) < 4.78 is 15.7. The third kappa shape index (κ3) is 5.24. The van der Waals surface area contributed by atoms with Gasteiger partial charge in [0, 0.05) is 17.7 Å². The summed E-state index contributed by atoms with van der Waals surface area (Å²) >= 11 is 3.08. The minimum Gasteiger partial charge on any atom is -1.00 e. The quantitative estimate of drug-likeness (QED) is 0.419. The van der Waals surface area contributed by atoms with Crippen LogP contribution in [0.25, 0.3) is 0 Å². The van der Waals surface area contributed by atoms with Gasteiger partial charge < -0.3 is 12.4 Å². The van der Waals surface area contributed by atoms with Gasteiger partial charge in [0.1, 0.15) is 5.82 Å². The Balaban J connectivity index is 0.00000220. The van der Waals surface area contributed by atoms with Gasteiger partial charge in [0.25, 0.3) is 0 Å². The van der Waals surface area contributed by atoms with Crippen LogP contribution in [0.4, 0.5) is 4.39 Å². The Morgan fingerprint density at radius 3 is 2.71 bits per heavy atom. The number of hydrogen-bond acceptors (Lipinski definition) is 2. The van der Waals surface area contributed by atoms with E-state index in [0.717, 1.165) is 0 Å². The second-order valence-electron chi connectivity index (χ2n) is 3.98. The number of nitrogens with zero attached hydrogens (tertiary/aromatic N) is 2. The van der Waals surface area contributed by atoms with Crippen molar-refractivity contribution in [3.63, 3.8) is 0 Å². The molecule has 1 aromatic carbocycles. The lowest BCUT2D eigenvalue weighted by Crippen LogP contribution is -3.00. The summed E-state index contributed by atoms with van der Waals surface area (Å²) in [4.78, 5) is 11.6. The third-order valence-electron chi connectivity index (χ3n) is 2.48. The van der Waals surface area contributed by atoms with E-state index in [9.17, 15) is 9.18 Å².